The zero-order valence-corrected chi connectivity index (χ0v) is 13.8. The van der Waals surface area contributed by atoms with Gasteiger partial charge in [-0.15, -0.1) is 0 Å². The molecule has 1 aromatic carbocycles. The van der Waals surface area contributed by atoms with Gasteiger partial charge in [0.1, 0.15) is 0 Å². The Morgan fingerprint density at radius 2 is 1.84 bits per heavy atom. The topological polar surface area (TPSA) is 29.5 Å². The second-order valence-electron chi connectivity index (χ2n) is 5.75. The average Bonchev–Trinajstić information content (AvgIpc) is 2.34. The van der Waals surface area contributed by atoms with Crippen LogP contribution in [0.5, 0.6) is 0 Å². The van der Waals surface area contributed by atoms with Gasteiger partial charge >= 0.3 is 0 Å². The van der Waals surface area contributed by atoms with E-state index in [2.05, 4.69) is 48.8 Å². The number of hydroxylamine groups is 2. The summed E-state index contributed by atoms with van der Waals surface area (Å²) in [4.78, 5) is 17.0. The van der Waals surface area contributed by atoms with Crippen LogP contribution < -0.4 is 0 Å². The average molecular weight is 328 g/mol. The van der Waals surface area contributed by atoms with Crippen LogP contribution in [0.1, 0.15) is 38.7 Å². The van der Waals surface area contributed by atoms with Crippen molar-refractivity contribution in [3.05, 3.63) is 34.3 Å². The second-order valence-corrected chi connectivity index (χ2v) is 6.66. The highest BCUT2D eigenvalue weighted by Gasteiger charge is 2.29. The first-order valence-electron chi connectivity index (χ1n) is 6.32. The van der Waals surface area contributed by atoms with Crippen LogP contribution in [0, 0.1) is 5.41 Å². The smallest absolute Gasteiger partial charge is 0.246 e. The quantitative estimate of drug-likeness (QED) is 0.782. The summed E-state index contributed by atoms with van der Waals surface area (Å²) in [5, 5.41) is 1.29. The Morgan fingerprint density at radius 1 is 1.32 bits per heavy atom. The van der Waals surface area contributed by atoms with Crippen molar-refractivity contribution in [1.82, 2.24) is 5.06 Å². The summed E-state index contributed by atoms with van der Waals surface area (Å²) in [6.45, 7) is 6.46. The Kier molecular flexibility index (Phi) is 5.56. The van der Waals surface area contributed by atoms with Gasteiger partial charge in [-0.05, 0) is 29.0 Å². The van der Waals surface area contributed by atoms with E-state index in [1.165, 1.54) is 17.7 Å². The first kappa shape index (κ1) is 16.2. The number of halogens is 1. The van der Waals surface area contributed by atoms with Crippen molar-refractivity contribution >= 4 is 21.8 Å². The molecule has 0 saturated carbocycles. The third-order valence-electron chi connectivity index (χ3n) is 3.32. The highest BCUT2D eigenvalue weighted by molar-refractivity contribution is 9.10. The number of carbonyl (C=O) groups is 1. The normalized spacial score (nSPS) is 13.2. The van der Waals surface area contributed by atoms with Crippen LogP contribution in [-0.4, -0.2) is 25.1 Å². The number of nitrogens with zero attached hydrogens (tertiary/aromatic N) is 1. The molecule has 4 heteroatoms. The lowest BCUT2D eigenvalue weighted by Gasteiger charge is -2.31. The number of carbonyl (C=O) groups excluding carboxylic acids is 1. The number of hydrogen-bond acceptors (Lipinski definition) is 2. The van der Waals surface area contributed by atoms with Gasteiger partial charge in [0, 0.05) is 17.9 Å². The fourth-order valence-corrected chi connectivity index (χ4v) is 2.29. The van der Waals surface area contributed by atoms with Crippen molar-refractivity contribution in [2.75, 3.05) is 14.2 Å². The predicted octanol–water partition coefficient (Wildman–Crippen LogP) is 3.99. The zero-order valence-electron chi connectivity index (χ0n) is 12.2. The van der Waals surface area contributed by atoms with E-state index in [1.807, 2.05) is 12.1 Å². The standard InChI is InChI=1S/C15H22BrNO2/c1-15(2,3)13(10-14(18)17(4)19-5)11-6-8-12(16)9-7-11/h6-9,13H,10H2,1-5H3. The van der Waals surface area contributed by atoms with E-state index in [0.29, 0.717) is 6.42 Å². The summed E-state index contributed by atoms with van der Waals surface area (Å²) >= 11 is 3.44. The molecular weight excluding hydrogens is 306 g/mol. The Labute approximate surface area is 124 Å². The van der Waals surface area contributed by atoms with Crippen LogP contribution in [0.25, 0.3) is 0 Å². The highest BCUT2D eigenvalue weighted by Crippen LogP contribution is 2.38. The van der Waals surface area contributed by atoms with Crippen LogP contribution in [0.15, 0.2) is 28.7 Å². The van der Waals surface area contributed by atoms with E-state index in [4.69, 9.17) is 4.84 Å². The molecule has 0 fully saturated rings. The number of benzene rings is 1. The summed E-state index contributed by atoms with van der Waals surface area (Å²) in [6, 6.07) is 8.16. The van der Waals surface area contributed by atoms with Crippen molar-refractivity contribution in [1.29, 1.82) is 0 Å². The summed E-state index contributed by atoms with van der Waals surface area (Å²) in [6.07, 6.45) is 0.440. The number of hydrogen-bond donors (Lipinski definition) is 0. The van der Waals surface area contributed by atoms with Crippen LogP contribution in [0.2, 0.25) is 0 Å². The minimum atomic E-state index is -0.00894. The molecular formula is C15H22BrNO2. The Balaban J connectivity index is 2.97. The molecule has 0 saturated heterocycles. The molecule has 1 unspecified atom stereocenters. The van der Waals surface area contributed by atoms with Gasteiger partial charge in [0.25, 0.3) is 0 Å². The van der Waals surface area contributed by atoms with Gasteiger partial charge in [0.05, 0.1) is 7.11 Å². The predicted molar refractivity (Wildman–Crippen MR) is 80.7 cm³/mol. The van der Waals surface area contributed by atoms with Crippen LogP contribution in [-0.2, 0) is 9.63 Å². The molecule has 106 valence electrons. The molecule has 19 heavy (non-hydrogen) atoms. The summed E-state index contributed by atoms with van der Waals surface area (Å²) in [5.74, 6) is 0.149. The molecule has 0 N–H and O–H groups in total. The van der Waals surface area contributed by atoms with Gasteiger partial charge in [-0.25, -0.2) is 5.06 Å². The maximum Gasteiger partial charge on any atom is 0.246 e. The fraction of sp³-hybridized carbons (Fsp3) is 0.533. The first-order valence-corrected chi connectivity index (χ1v) is 7.11. The minimum absolute atomic E-state index is 0.00894. The molecule has 0 aliphatic carbocycles. The zero-order chi connectivity index (χ0) is 14.6. The van der Waals surface area contributed by atoms with E-state index >= 15 is 0 Å². The summed E-state index contributed by atoms with van der Waals surface area (Å²) in [5.41, 5.74) is 1.19. The lowest BCUT2D eigenvalue weighted by Crippen LogP contribution is -2.30. The minimum Gasteiger partial charge on any atom is -0.275 e. The maximum atomic E-state index is 12.1. The van der Waals surface area contributed by atoms with Gasteiger partial charge in [0.2, 0.25) is 5.91 Å². The van der Waals surface area contributed by atoms with E-state index in [1.54, 1.807) is 7.05 Å². The third-order valence-corrected chi connectivity index (χ3v) is 3.85. The Bertz CT molecular complexity index is 423. The summed E-state index contributed by atoms with van der Waals surface area (Å²) < 4.78 is 1.05. The monoisotopic (exact) mass is 327 g/mol. The lowest BCUT2D eigenvalue weighted by molar-refractivity contribution is -0.169. The van der Waals surface area contributed by atoms with Gasteiger partial charge in [0.15, 0.2) is 0 Å². The van der Waals surface area contributed by atoms with Crippen molar-refractivity contribution < 1.29 is 9.63 Å². The SMILES string of the molecule is CON(C)C(=O)CC(c1ccc(Br)cc1)C(C)(C)C. The van der Waals surface area contributed by atoms with Crippen molar-refractivity contribution in [2.45, 2.75) is 33.1 Å². The highest BCUT2D eigenvalue weighted by atomic mass is 79.9. The molecule has 0 aliphatic heterocycles. The van der Waals surface area contributed by atoms with E-state index < -0.39 is 0 Å². The summed E-state index contributed by atoms with van der Waals surface area (Å²) in [7, 11) is 3.15. The van der Waals surface area contributed by atoms with E-state index in [9.17, 15) is 4.79 Å². The Hall–Kier alpha value is -0.870. The molecule has 1 amide bonds. The first-order chi connectivity index (χ1) is 8.75. The van der Waals surface area contributed by atoms with E-state index in [0.717, 1.165) is 4.47 Å². The molecule has 0 radical (unpaired) electrons. The maximum absolute atomic E-state index is 12.1. The molecule has 0 bridgehead atoms. The van der Waals surface area contributed by atoms with Crippen LogP contribution in [0.3, 0.4) is 0 Å². The van der Waals surface area contributed by atoms with Crippen LogP contribution >= 0.6 is 15.9 Å². The molecule has 1 rings (SSSR count). The molecule has 0 aromatic heterocycles. The molecule has 1 atom stereocenters. The fourth-order valence-electron chi connectivity index (χ4n) is 2.02. The van der Waals surface area contributed by atoms with Gasteiger partial charge in [-0.2, -0.15) is 0 Å². The van der Waals surface area contributed by atoms with Gasteiger partial charge in [-0.3, -0.25) is 9.63 Å². The molecule has 0 spiro atoms. The van der Waals surface area contributed by atoms with Crippen molar-refractivity contribution in [2.24, 2.45) is 5.41 Å². The lowest BCUT2D eigenvalue weighted by atomic mass is 9.74. The van der Waals surface area contributed by atoms with Gasteiger partial charge in [-0.1, -0.05) is 48.8 Å². The number of rotatable bonds is 4. The Morgan fingerprint density at radius 3 is 2.26 bits per heavy atom. The van der Waals surface area contributed by atoms with Crippen molar-refractivity contribution in [3.8, 4) is 0 Å². The van der Waals surface area contributed by atoms with Crippen LogP contribution in [0.4, 0.5) is 0 Å². The van der Waals surface area contributed by atoms with E-state index in [-0.39, 0.29) is 17.2 Å². The molecule has 3 nitrogen and oxygen atoms in total. The van der Waals surface area contributed by atoms with Gasteiger partial charge < -0.3 is 0 Å². The molecule has 0 aliphatic rings. The third kappa shape index (κ3) is 4.62. The largest absolute Gasteiger partial charge is 0.275 e. The number of amides is 1. The molecule has 0 heterocycles. The second kappa shape index (κ2) is 6.53. The molecule has 1 aromatic rings. The van der Waals surface area contributed by atoms with Crippen molar-refractivity contribution in [3.63, 3.8) is 0 Å².